The van der Waals surface area contributed by atoms with Crippen LogP contribution < -0.4 is 15.1 Å². The van der Waals surface area contributed by atoms with Crippen molar-refractivity contribution in [3.8, 4) is 30.1 Å². The van der Waals surface area contributed by atoms with E-state index in [9.17, 15) is 48.3 Å². The highest BCUT2D eigenvalue weighted by Crippen LogP contribution is 2.38. The van der Waals surface area contributed by atoms with E-state index in [0.717, 1.165) is 106 Å². The van der Waals surface area contributed by atoms with E-state index in [1.54, 1.807) is 40.1 Å². The normalized spacial score (nSPS) is 17.7. The van der Waals surface area contributed by atoms with Gasteiger partial charge in [0.1, 0.15) is 37.7 Å². The number of hydrogen-bond donors (Lipinski definition) is 2. The van der Waals surface area contributed by atoms with Gasteiger partial charge in [0.15, 0.2) is 24.4 Å². The zero-order chi connectivity index (χ0) is 74.8. The van der Waals surface area contributed by atoms with Crippen molar-refractivity contribution in [1.29, 1.82) is 0 Å². The van der Waals surface area contributed by atoms with Gasteiger partial charge in [-0.3, -0.25) is 25.2 Å². The maximum atomic E-state index is 14.2. The molecule has 8 atom stereocenters. The number of terminal acetylenes is 1. The number of benzene rings is 3. The Morgan fingerprint density at radius 1 is 0.583 bits per heavy atom. The number of likely N-dealkylation sites (N-methyl/N-ethyl adjacent to an activating group) is 4. The van der Waals surface area contributed by atoms with Crippen LogP contribution >= 0.6 is 0 Å². The number of nitrogens with zero attached hydrogens (tertiary/aromatic N) is 5. The van der Waals surface area contributed by atoms with E-state index in [-0.39, 0.29) is 44.6 Å². The minimum absolute atomic E-state index is 0. The van der Waals surface area contributed by atoms with Crippen molar-refractivity contribution in [2.24, 2.45) is 23.7 Å². The molecule has 9 rings (SSSR count). The fraction of sp³-hybridized carbons (Fsp3) is 0.582. The topological polar surface area (TPSA) is 276 Å². The number of hydrogen-bond acceptors (Lipinski definition) is 20. The van der Waals surface area contributed by atoms with Gasteiger partial charge in [0.2, 0.25) is 0 Å². The second-order valence-corrected chi connectivity index (χ2v) is 28.0. The molecule has 4 aliphatic carbocycles. The molecule has 0 unspecified atom stereocenters. The van der Waals surface area contributed by atoms with Gasteiger partial charge >= 0.3 is 41.9 Å². The number of rotatable bonds is 32. The summed E-state index contributed by atoms with van der Waals surface area (Å²) < 4.78 is 50.8. The second-order valence-electron chi connectivity index (χ2n) is 28.0. The lowest BCUT2D eigenvalue weighted by Crippen LogP contribution is -2.52. The Labute approximate surface area is 609 Å². The molecule has 103 heavy (non-hydrogen) atoms. The van der Waals surface area contributed by atoms with E-state index in [0.29, 0.717) is 58.0 Å². The number of aliphatic carboxylic acids is 1. The van der Waals surface area contributed by atoms with Crippen molar-refractivity contribution in [1.82, 2.24) is 20.0 Å². The fourth-order valence-corrected chi connectivity index (χ4v) is 11.6. The van der Waals surface area contributed by atoms with Crippen LogP contribution in [0.15, 0.2) is 78.9 Å². The summed E-state index contributed by atoms with van der Waals surface area (Å²) in [6.07, 6.45) is 11.8. The zero-order valence-electron chi connectivity index (χ0n) is 61.3. The van der Waals surface area contributed by atoms with Crippen LogP contribution in [-0.2, 0) is 95.7 Å². The number of carbonyl (C=O) groups excluding carboxylic acids is 8. The Bertz CT molecular complexity index is 3500. The van der Waals surface area contributed by atoms with E-state index in [1.807, 2.05) is 78.9 Å². The van der Waals surface area contributed by atoms with Crippen molar-refractivity contribution in [2.45, 2.75) is 193 Å². The number of anilines is 2. The molecule has 2 N–H and O–H groups in total. The number of morpholine rings is 2. The smallest absolute Gasteiger partial charge is 0.410 e. The van der Waals surface area contributed by atoms with Crippen molar-refractivity contribution >= 4 is 65.1 Å². The lowest BCUT2D eigenvalue weighted by molar-refractivity contribution is -0.173. The van der Waals surface area contributed by atoms with Gasteiger partial charge in [-0.15, -0.1) is 12.3 Å². The zero-order valence-corrected chi connectivity index (χ0v) is 60.3. The monoisotopic (exact) mass is 1430 g/mol. The van der Waals surface area contributed by atoms with Crippen molar-refractivity contribution < 1.29 is 87.5 Å². The van der Waals surface area contributed by atoms with Gasteiger partial charge in [0.25, 0.3) is 11.8 Å². The molecular formula is C79H105N6O18-. The number of amides is 3. The van der Waals surface area contributed by atoms with Crippen LogP contribution in [0, 0.1) is 60.2 Å². The molecular weight excluding hydrogens is 1320 g/mol. The Morgan fingerprint density at radius 3 is 1.39 bits per heavy atom. The average molecular weight is 1430 g/mol. The second kappa shape index (κ2) is 40.6. The molecule has 3 aromatic carbocycles. The quantitative estimate of drug-likeness (QED) is 0.0258. The number of nitrogens with one attached hydrogen (secondary N) is 1. The molecule has 3 amide bonds. The maximum absolute atomic E-state index is 14.2. The highest BCUT2D eigenvalue weighted by atomic mass is 16.6. The van der Waals surface area contributed by atoms with E-state index < -0.39 is 108 Å². The molecule has 24 heteroatoms. The van der Waals surface area contributed by atoms with E-state index in [4.69, 9.17) is 45.7 Å². The Hall–Kier alpha value is -9.15. The van der Waals surface area contributed by atoms with Crippen molar-refractivity contribution in [3.05, 3.63) is 102 Å². The van der Waals surface area contributed by atoms with Crippen LogP contribution in [0.3, 0.4) is 0 Å². The average Bonchev–Trinajstić information content (AvgIpc) is 1.53. The van der Waals surface area contributed by atoms with Crippen LogP contribution in [0.1, 0.15) is 137 Å². The summed E-state index contributed by atoms with van der Waals surface area (Å²) in [5.74, 6) is 3.55. The van der Waals surface area contributed by atoms with Crippen LogP contribution in [0.4, 0.5) is 16.2 Å². The number of esters is 5. The summed E-state index contributed by atoms with van der Waals surface area (Å²) in [7, 11) is 6.19. The third kappa shape index (κ3) is 27.9. The molecule has 2 saturated heterocycles. The Kier molecular flexibility index (Phi) is 32.0. The summed E-state index contributed by atoms with van der Waals surface area (Å²) in [5.41, 5.74) is 3.65. The number of carboxylic acid groups (broad SMARTS) is 1. The summed E-state index contributed by atoms with van der Waals surface area (Å²) in [4.78, 5) is 128. The van der Waals surface area contributed by atoms with Gasteiger partial charge in [-0.2, -0.15) is 0 Å². The van der Waals surface area contributed by atoms with E-state index >= 15 is 0 Å². The molecule has 0 radical (unpaired) electrons. The molecule has 4 saturated carbocycles. The molecule has 0 bridgehead atoms. The number of carboxylic acids is 1. The largest absolute Gasteiger partial charge is 0.479 e. The molecule has 0 spiro atoms. The minimum atomic E-state index is -1.40. The third-order valence-electron chi connectivity index (χ3n) is 18.5. The fourth-order valence-electron chi connectivity index (χ4n) is 11.6. The maximum Gasteiger partial charge on any atom is 0.410 e. The Morgan fingerprint density at radius 2 is 0.990 bits per heavy atom. The van der Waals surface area contributed by atoms with Gasteiger partial charge in [0, 0.05) is 71.5 Å². The third-order valence-corrected chi connectivity index (χ3v) is 18.5. The SMILES string of the molecule is C.CN[C@@H](CC1CC1)C(=O)O[C@H](Cc1ccc(N2CCOCC2)cc1)C(=O)N(C)[C@@H](CC1CC1)C(=O)O[C@H](C)C(=O)OCc1ccccc1.C[C@@H](OC(=O)[C@H](CC1CC1)N(C)C(=O)[C@@H](Cc1ccc(N2CCOCC2)cc1)OC(=O)[C@H](CC1CC1)N(C)C(=O)OC(C)(C)C)C(=O)O.[3H]C#CC#CC#[C-]. The van der Waals surface area contributed by atoms with E-state index in [2.05, 4.69) is 32.9 Å². The molecule has 6 aliphatic rings. The highest BCUT2D eigenvalue weighted by Gasteiger charge is 2.44. The molecule has 3 aromatic rings. The van der Waals surface area contributed by atoms with Crippen LogP contribution in [0.25, 0.3) is 0 Å². The minimum Gasteiger partial charge on any atom is -0.479 e. The first-order valence-corrected chi connectivity index (χ1v) is 35.3. The molecule has 2 aliphatic heterocycles. The van der Waals surface area contributed by atoms with E-state index in [1.165, 1.54) is 49.7 Å². The molecule has 560 valence electrons. The predicted octanol–water partition coefficient (Wildman–Crippen LogP) is 8.17. The Balaban J connectivity index is 0.000000296. The van der Waals surface area contributed by atoms with Gasteiger partial charge in [-0.25, -0.2) is 34.7 Å². The van der Waals surface area contributed by atoms with Crippen molar-refractivity contribution in [2.75, 3.05) is 90.6 Å². The number of carbonyl (C=O) groups is 9. The summed E-state index contributed by atoms with van der Waals surface area (Å²) in [6.45, 7) is 13.7. The first kappa shape index (κ1) is 81.2. The molecule has 6 fully saturated rings. The summed E-state index contributed by atoms with van der Waals surface area (Å²) in [6, 6.07) is 21.2. The van der Waals surface area contributed by atoms with Gasteiger partial charge in [-0.05, 0) is 138 Å². The number of ether oxygens (including phenoxy) is 8. The van der Waals surface area contributed by atoms with Gasteiger partial charge < -0.3 is 74.3 Å². The highest BCUT2D eigenvalue weighted by molar-refractivity contribution is 5.92. The first-order chi connectivity index (χ1) is 49.2. The molecule has 0 aromatic heterocycles. The van der Waals surface area contributed by atoms with Gasteiger partial charge in [-0.1, -0.05) is 113 Å². The predicted molar refractivity (Wildman–Crippen MR) is 385 cm³/mol. The summed E-state index contributed by atoms with van der Waals surface area (Å²) >= 11 is 0. The van der Waals surface area contributed by atoms with Crippen LogP contribution in [0.2, 0.25) is 0 Å². The molecule has 2 heterocycles. The van der Waals surface area contributed by atoms with Gasteiger partial charge in [0.05, 0.1) is 26.4 Å². The van der Waals surface area contributed by atoms with Crippen molar-refractivity contribution in [3.63, 3.8) is 0 Å². The first-order valence-electron chi connectivity index (χ1n) is 35.8. The summed E-state index contributed by atoms with van der Waals surface area (Å²) in [5, 5.41) is 12.4. The van der Waals surface area contributed by atoms with Crippen LogP contribution in [-0.4, -0.2) is 209 Å². The molecule has 24 nitrogen and oxygen atoms in total. The standard InChI is InChI=1S/C37H49N3O8.C35H51N3O10.C6H.CH4/c1-25(35(42)46-24-29-7-5-4-6-8-29)47-37(44)32(22-27-11-12-27)39(3)34(41)33(48-36(43)31(38-2)21-26-9-10-26)23-28-13-15-30(16-14-28)40-17-19-45-20-18-40;1-22(31(40)41)46-32(42)27(19-23-7-8-23)36(5)30(39)29(21-25-11-13-26(14-12-25)38-15-17-45-18-16-38)47-33(43)28(20-24-9-10-24)37(6)34(44)48-35(2,3)4;1-3-5-6-4-2;/h4-8,13-16,25-27,31-33,38H,9-12,17-24H2,1-3H3;11-14,22-24,27-29H,7-10,15-21H2,1-6H3,(H,40,41);1H;1H4/q;;-1;/t25-,31+,32+,33-;22-,27+,28+,29-;;/m11../s1/i;;1T;. The van der Waals surface area contributed by atoms with Crippen LogP contribution in [0.5, 0.6) is 0 Å². The lowest BCUT2D eigenvalue weighted by Gasteiger charge is -2.33. The lowest BCUT2D eigenvalue weighted by atomic mass is 10.0.